The molecule has 2 aliphatic rings. The molecule has 0 bridgehead atoms. The summed E-state index contributed by atoms with van der Waals surface area (Å²) in [7, 11) is 0. The number of carbonyl (C=O) groups is 1. The van der Waals surface area contributed by atoms with Crippen molar-refractivity contribution in [2.24, 2.45) is 5.92 Å². The molecule has 3 atom stereocenters. The van der Waals surface area contributed by atoms with E-state index in [9.17, 15) is 9.18 Å². The summed E-state index contributed by atoms with van der Waals surface area (Å²) < 4.78 is 15.4. The third-order valence-electron chi connectivity index (χ3n) is 8.53. The second-order valence-electron chi connectivity index (χ2n) is 10.6. The van der Waals surface area contributed by atoms with Gasteiger partial charge in [0.1, 0.15) is 5.82 Å². The van der Waals surface area contributed by atoms with Gasteiger partial charge in [-0.15, -0.1) is 0 Å². The lowest BCUT2D eigenvalue weighted by molar-refractivity contribution is 0.0769. The smallest absolute Gasteiger partial charge is 0.252 e. The highest BCUT2D eigenvalue weighted by molar-refractivity contribution is 5.96. The first-order valence-corrected chi connectivity index (χ1v) is 13.1. The topological polar surface area (TPSA) is 42.5 Å². The first kappa shape index (κ1) is 23.4. The third kappa shape index (κ3) is 3.58. The Kier molecular flexibility index (Phi) is 5.18. The number of piperidine rings is 1. The number of benzene rings is 4. The van der Waals surface area contributed by atoms with Gasteiger partial charge < -0.3 is 4.90 Å². The summed E-state index contributed by atoms with van der Waals surface area (Å²) in [4.78, 5) is 19.0. The Morgan fingerprint density at radius 3 is 2.59 bits per heavy atom. The van der Waals surface area contributed by atoms with E-state index in [-0.39, 0.29) is 17.1 Å². The number of hydrogen-bond donors (Lipinski definition) is 0. The van der Waals surface area contributed by atoms with Crippen LogP contribution in [0.15, 0.2) is 97.2 Å². The fourth-order valence-corrected chi connectivity index (χ4v) is 6.78. The van der Waals surface area contributed by atoms with Crippen LogP contribution in [0.25, 0.3) is 21.4 Å². The van der Waals surface area contributed by atoms with Crippen LogP contribution in [0.4, 0.5) is 10.1 Å². The summed E-state index contributed by atoms with van der Waals surface area (Å²) in [5.74, 6) is 0.319. The number of aromatic nitrogens is 2. The van der Waals surface area contributed by atoms with Gasteiger partial charge in [0, 0.05) is 35.4 Å². The predicted octanol–water partition coefficient (Wildman–Crippen LogP) is 6.83. The second-order valence-corrected chi connectivity index (χ2v) is 10.6. The number of halogens is 1. The van der Waals surface area contributed by atoms with E-state index >= 15 is 0 Å². The lowest BCUT2D eigenvalue weighted by Gasteiger charge is -2.26. The van der Waals surface area contributed by atoms with Crippen LogP contribution in [0.1, 0.15) is 33.0 Å². The number of nitrogens with zero attached hydrogens (tertiary/aromatic N) is 4. The van der Waals surface area contributed by atoms with Crippen molar-refractivity contribution in [1.29, 1.82) is 0 Å². The van der Waals surface area contributed by atoms with Gasteiger partial charge >= 0.3 is 0 Å². The summed E-state index contributed by atoms with van der Waals surface area (Å²) in [6, 6.07) is 28.3. The maximum atomic E-state index is 13.6. The highest BCUT2D eigenvalue weighted by Gasteiger charge is 2.70. The second kappa shape index (κ2) is 8.64. The largest absolute Gasteiger partial charge is 0.337 e. The molecule has 1 aliphatic carbocycles. The molecule has 6 heteroatoms. The maximum absolute atomic E-state index is 13.6. The number of fused-ring (bicyclic) bond motifs is 2. The Labute approximate surface area is 225 Å². The van der Waals surface area contributed by atoms with Gasteiger partial charge in [0.25, 0.3) is 5.91 Å². The van der Waals surface area contributed by atoms with Gasteiger partial charge in [-0.2, -0.15) is 5.10 Å². The molecular formula is C33H25FN4O. The lowest BCUT2D eigenvalue weighted by Crippen LogP contribution is -2.34. The molecule has 0 unspecified atom stereocenters. The van der Waals surface area contributed by atoms with E-state index in [1.807, 2.05) is 21.8 Å². The van der Waals surface area contributed by atoms with Crippen molar-refractivity contribution >= 4 is 22.5 Å². The quantitative estimate of drug-likeness (QED) is 0.248. The van der Waals surface area contributed by atoms with Crippen molar-refractivity contribution in [3.05, 3.63) is 137 Å². The van der Waals surface area contributed by atoms with Crippen LogP contribution in [0.5, 0.6) is 0 Å². The van der Waals surface area contributed by atoms with Crippen LogP contribution < -0.4 is 0 Å². The van der Waals surface area contributed by atoms with Gasteiger partial charge in [0.15, 0.2) is 5.69 Å². The van der Waals surface area contributed by atoms with Crippen LogP contribution in [0.2, 0.25) is 0 Å². The first-order valence-electron chi connectivity index (χ1n) is 13.1. The normalized spacial score (nSPS) is 21.5. The van der Waals surface area contributed by atoms with E-state index in [1.165, 1.54) is 23.3 Å². The zero-order valence-electron chi connectivity index (χ0n) is 21.4. The van der Waals surface area contributed by atoms with Crippen LogP contribution in [0, 0.1) is 25.2 Å². The summed E-state index contributed by atoms with van der Waals surface area (Å²) in [5.41, 5.74) is 6.32. The van der Waals surface area contributed by atoms with E-state index < -0.39 is 0 Å². The van der Waals surface area contributed by atoms with Crippen LogP contribution in [0.3, 0.4) is 0 Å². The number of aryl methyl sites for hydroxylation is 1. The van der Waals surface area contributed by atoms with Gasteiger partial charge in [-0.25, -0.2) is 13.9 Å². The average Bonchev–Trinajstić information content (AvgIpc) is 3.23. The molecule has 0 spiro atoms. The van der Waals surface area contributed by atoms with Crippen molar-refractivity contribution in [2.75, 3.05) is 13.1 Å². The van der Waals surface area contributed by atoms with E-state index in [0.717, 1.165) is 22.2 Å². The minimum atomic E-state index is -0.277. The molecular weight excluding hydrogens is 487 g/mol. The van der Waals surface area contributed by atoms with E-state index in [1.54, 1.807) is 36.4 Å². The number of likely N-dealkylation sites (tertiary alicyclic amines) is 1. The van der Waals surface area contributed by atoms with Crippen molar-refractivity contribution in [3.8, 4) is 5.69 Å². The van der Waals surface area contributed by atoms with Crippen LogP contribution in [-0.4, -0.2) is 33.7 Å². The number of rotatable bonds is 4. The van der Waals surface area contributed by atoms with Gasteiger partial charge in [-0.1, -0.05) is 48.5 Å². The standard InChI is InChI=1S/C33H25FN4O/c1-21-15-30-24(18-36-38(30)27-13-11-25(34)12-14-27)17-28(21)33-20-37(32(39)23-9-6-10-26(16-23)35-2)19-29(33)31(33)22-7-4-3-5-8-22/h3-18,29,31H,19-20H2,1H3/t29-,31-,33+/m1/s1. The summed E-state index contributed by atoms with van der Waals surface area (Å²) in [5, 5.41) is 5.64. The van der Waals surface area contributed by atoms with E-state index in [4.69, 9.17) is 6.57 Å². The minimum Gasteiger partial charge on any atom is -0.337 e. The van der Waals surface area contributed by atoms with E-state index in [0.29, 0.717) is 36.2 Å². The molecule has 0 radical (unpaired) electrons. The molecule has 2 heterocycles. The molecule has 190 valence electrons. The Bertz CT molecular complexity index is 1790. The summed E-state index contributed by atoms with van der Waals surface area (Å²) in [6.45, 7) is 10.8. The molecule has 39 heavy (non-hydrogen) atoms. The highest BCUT2D eigenvalue weighted by Crippen LogP contribution is 2.70. The predicted molar refractivity (Wildman–Crippen MR) is 149 cm³/mol. The Morgan fingerprint density at radius 2 is 1.82 bits per heavy atom. The van der Waals surface area contributed by atoms with Crippen molar-refractivity contribution < 1.29 is 9.18 Å². The fraction of sp³-hybridized carbons (Fsp3) is 0.182. The number of amides is 1. The molecule has 1 aliphatic heterocycles. The Morgan fingerprint density at radius 1 is 1.03 bits per heavy atom. The van der Waals surface area contributed by atoms with Gasteiger partial charge in [0.05, 0.1) is 24.0 Å². The zero-order chi connectivity index (χ0) is 26.7. The SMILES string of the molecule is [C-]#[N+]c1cccc(C(=O)N2C[C@@H]3[C@@H](c4ccccc4)[C@]3(c3cc4cnn(-c5ccc(F)cc5)c4cc3C)C2)c1. The molecule has 7 rings (SSSR count). The number of hydrogen-bond acceptors (Lipinski definition) is 2. The van der Waals surface area contributed by atoms with Crippen molar-refractivity contribution in [3.63, 3.8) is 0 Å². The molecule has 5 aromatic rings. The van der Waals surface area contributed by atoms with Crippen molar-refractivity contribution in [1.82, 2.24) is 14.7 Å². The monoisotopic (exact) mass is 512 g/mol. The average molecular weight is 513 g/mol. The highest BCUT2D eigenvalue weighted by atomic mass is 19.1. The minimum absolute atomic E-state index is 0.0262. The lowest BCUT2D eigenvalue weighted by atomic mass is 9.86. The molecule has 0 N–H and O–H groups in total. The summed E-state index contributed by atoms with van der Waals surface area (Å²) >= 11 is 0. The molecule has 4 aromatic carbocycles. The van der Waals surface area contributed by atoms with Gasteiger partial charge in [-0.3, -0.25) is 4.79 Å². The third-order valence-corrected chi connectivity index (χ3v) is 8.53. The molecule has 1 amide bonds. The van der Waals surface area contributed by atoms with E-state index in [2.05, 4.69) is 53.3 Å². The fourth-order valence-electron chi connectivity index (χ4n) is 6.78. The molecule has 5 nitrogen and oxygen atoms in total. The Balaban J connectivity index is 1.30. The molecule has 1 saturated heterocycles. The zero-order valence-corrected chi connectivity index (χ0v) is 21.4. The molecule has 1 aromatic heterocycles. The van der Waals surface area contributed by atoms with Crippen LogP contribution in [-0.2, 0) is 5.41 Å². The molecule has 2 fully saturated rings. The van der Waals surface area contributed by atoms with Gasteiger partial charge in [-0.05, 0) is 72.0 Å². The van der Waals surface area contributed by atoms with Crippen LogP contribution >= 0.6 is 0 Å². The first-order chi connectivity index (χ1) is 19.0. The molecule has 1 saturated carbocycles. The van der Waals surface area contributed by atoms with Crippen molar-refractivity contribution in [2.45, 2.75) is 18.3 Å². The number of carbonyl (C=O) groups excluding carboxylic acids is 1. The van der Waals surface area contributed by atoms with Gasteiger partial charge in [0.2, 0.25) is 0 Å². The Hall–Kier alpha value is -4.76. The summed E-state index contributed by atoms with van der Waals surface area (Å²) in [6.07, 6.45) is 1.86. The maximum Gasteiger partial charge on any atom is 0.252 e.